The fourth-order valence-electron chi connectivity index (χ4n) is 4.81. The van der Waals surface area contributed by atoms with Gasteiger partial charge < -0.3 is 9.32 Å². The highest BCUT2D eigenvalue weighted by molar-refractivity contribution is 5.96. The topological polar surface area (TPSA) is 84.5 Å². The van der Waals surface area contributed by atoms with E-state index in [1.807, 2.05) is 41.6 Å². The van der Waals surface area contributed by atoms with Crippen molar-refractivity contribution >= 4 is 17.6 Å². The molecule has 2 amide bonds. The van der Waals surface area contributed by atoms with Gasteiger partial charge in [-0.3, -0.25) is 19.5 Å². The van der Waals surface area contributed by atoms with Gasteiger partial charge in [-0.05, 0) is 50.5 Å². The number of carbonyl (C=O) groups is 2. The zero-order chi connectivity index (χ0) is 21.6. The fraction of sp³-hybridized carbons (Fsp3) is 0.391. The van der Waals surface area contributed by atoms with E-state index in [4.69, 9.17) is 4.42 Å². The first-order valence-electron chi connectivity index (χ1n) is 10.6. The Kier molecular flexibility index (Phi) is 4.64. The number of nitrogens with zero attached hydrogens (tertiary/aromatic N) is 5. The van der Waals surface area contributed by atoms with E-state index < -0.39 is 0 Å². The minimum atomic E-state index is -0.386. The number of furan rings is 1. The Hall–Kier alpha value is -3.42. The summed E-state index contributed by atoms with van der Waals surface area (Å²) in [7, 11) is 0. The van der Waals surface area contributed by atoms with Crippen LogP contribution in [0.3, 0.4) is 0 Å². The first kappa shape index (κ1) is 19.5. The highest BCUT2D eigenvalue weighted by Gasteiger charge is 2.46. The number of aryl methyl sites for hydroxylation is 2. The van der Waals surface area contributed by atoms with E-state index in [2.05, 4.69) is 10.1 Å². The third-order valence-corrected chi connectivity index (χ3v) is 6.47. The number of hydrogen-bond acceptors (Lipinski definition) is 5. The average molecular weight is 419 g/mol. The van der Waals surface area contributed by atoms with Crippen LogP contribution in [0.5, 0.6) is 0 Å². The van der Waals surface area contributed by atoms with Crippen LogP contribution in [0.15, 0.2) is 47.3 Å². The first-order chi connectivity index (χ1) is 15.0. The lowest BCUT2D eigenvalue weighted by Gasteiger charge is -2.46. The molecule has 0 N–H and O–H groups in total. The van der Waals surface area contributed by atoms with Crippen LogP contribution in [0.2, 0.25) is 0 Å². The molecule has 8 nitrogen and oxygen atoms in total. The lowest BCUT2D eigenvalue weighted by molar-refractivity contribution is -0.123. The maximum Gasteiger partial charge on any atom is 0.257 e. The summed E-state index contributed by atoms with van der Waals surface area (Å²) in [5.74, 6) is 2.28. The summed E-state index contributed by atoms with van der Waals surface area (Å²) in [5, 5.41) is 4.60. The summed E-state index contributed by atoms with van der Waals surface area (Å²) in [6, 6.07) is 7.54. The normalized spacial score (nSPS) is 17.8. The van der Waals surface area contributed by atoms with Crippen molar-refractivity contribution in [3.05, 3.63) is 65.5 Å². The molecule has 2 aliphatic heterocycles. The van der Waals surface area contributed by atoms with Crippen molar-refractivity contribution in [2.45, 2.75) is 45.2 Å². The molecular formula is C23H25N5O3. The van der Waals surface area contributed by atoms with E-state index in [0.29, 0.717) is 50.2 Å². The van der Waals surface area contributed by atoms with Gasteiger partial charge >= 0.3 is 0 Å². The number of piperidine rings is 1. The highest BCUT2D eigenvalue weighted by atomic mass is 16.3. The van der Waals surface area contributed by atoms with Crippen molar-refractivity contribution in [1.29, 1.82) is 0 Å². The number of fused-ring (bicyclic) bond motifs is 2. The number of hydrogen-bond donors (Lipinski definition) is 0. The molecule has 1 saturated heterocycles. The smallest absolute Gasteiger partial charge is 0.257 e. The molecule has 8 heteroatoms. The second kappa shape index (κ2) is 7.37. The first-order valence-corrected chi connectivity index (χ1v) is 10.6. The minimum absolute atomic E-state index is 0.00802. The molecule has 5 heterocycles. The molecule has 3 aromatic rings. The third-order valence-electron chi connectivity index (χ3n) is 6.47. The number of carbonyl (C=O) groups excluding carboxylic acids is 2. The molecule has 1 fully saturated rings. The van der Waals surface area contributed by atoms with Gasteiger partial charge in [-0.25, -0.2) is 4.68 Å². The number of pyridine rings is 1. The Morgan fingerprint density at radius 3 is 2.55 bits per heavy atom. The molecule has 0 atom stereocenters. The molecule has 0 bridgehead atoms. The minimum Gasteiger partial charge on any atom is -0.466 e. The van der Waals surface area contributed by atoms with E-state index in [9.17, 15) is 9.59 Å². The number of rotatable bonds is 3. The fourth-order valence-corrected chi connectivity index (χ4v) is 4.81. The summed E-state index contributed by atoms with van der Waals surface area (Å²) < 4.78 is 7.54. The van der Waals surface area contributed by atoms with Gasteiger partial charge in [0.2, 0.25) is 5.91 Å². The van der Waals surface area contributed by atoms with Gasteiger partial charge in [0.05, 0.1) is 30.3 Å². The van der Waals surface area contributed by atoms with Crippen molar-refractivity contribution in [1.82, 2.24) is 19.7 Å². The number of aromatic nitrogens is 3. The Bertz CT molecular complexity index is 1130. The SMILES string of the molecule is Cc1cc(C(=O)N2CCC3(CC2)CC(=O)N(Cc2ccncc2)c2ccnn23)c(C)o1. The van der Waals surface area contributed by atoms with Gasteiger partial charge in [-0.15, -0.1) is 0 Å². The van der Waals surface area contributed by atoms with E-state index in [-0.39, 0.29) is 17.4 Å². The molecule has 31 heavy (non-hydrogen) atoms. The van der Waals surface area contributed by atoms with Crippen molar-refractivity contribution in [3.63, 3.8) is 0 Å². The van der Waals surface area contributed by atoms with Crippen molar-refractivity contribution < 1.29 is 14.0 Å². The third kappa shape index (κ3) is 3.32. The van der Waals surface area contributed by atoms with Crippen LogP contribution in [-0.4, -0.2) is 44.6 Å². The molecular weight excluding hydrogens is 394 g/mol. The van der Waals surface area contributed by atoms with Crippen LogP contribution in [-0.2, 0) is 16.9 Å². The van der Waals surface area contributed by atoms with Gasteiger partial charge in [-0.2, -0.15) is 5.10 Å². The van der Waals surface area contributed by atoms with Gasteiger partial charge in [-0.1, -0.05) is 0 Å². The predicted octanol–water partition coefficient (Wildman–Crippen LogP) is 3.06. The zero-order valence-corrected chi connectivity index (χ0v) is 17.7. The van der Waals surface area contributed by atoms with Crippen LogP contribution < -0.4 is 4.90 Å². The summed E-state index contributed by atoms with van der Waals surface area (Å²) >= 11 is 0. The molecule has 0 radical (unpaired) electrons. The lowest BCUT2D eigenvalue weighted by Crippen LogP contribution is -2.54. The second-order valence-electron chi connectivity index (χ2n) is 8.46. The standard InChI is InChI=1S/C23H25N5O3/c1-16-13-19(17(2)31-16)22(30)26-11-6-23(7-12-26)14-21(29)27(20-5-10-25-28(20)23)15-18-3-8-24-9-4-18/h3-5,8-10,13H,6-7,11-12,14-15H2,1-2H3. The summed E-state index contributed by atoms with van der Waals surface area (Å²) in [6.07, 6.45) is 7.00. The molecule has 160 valence electrons. The number of likely N-dealkylation sites (tertiary alicyclic amines) is 1. The number of anilines is 1. The van der Waals surface area contributed by atoms with Crippen molar-refractivity contribution in [2.24, 2.45) is 0 Å². The Labute approximate surface area is 180 Å². The maximum absolute atomic E-state index is 13.2. The van der Waals surface area contributed by atoms with Gasteiger partial charge in [0.15, 0.2) is 0 Å². The van der Waals surface area contributed by atoms with E-state index in [0.717, 1.165) is 17.1 Å². The number of amides is 2. The second-order valence-corrected chi connectivity index (χ2v) is 8.46. The van der Waals surface area contributed by atoms with Gasteiger partial charge in [0.1, 0.15) is 17.3 Å². The summed E-state index contributed by atoms with van der Waals surface area (Å²) in [5.41, 5.74) is 1.26. The van der Waals surface area contributed by atoms with Crippen LogP contribution in [0.4, 0.5) is 5.82 Å². The molecule has 0 aliphatic carbocycles. The predicted molar refractivity (Wildman–Crippen MR) is 114 cm³/mol. The van der Waals surface area contributed by atoms with Gasteiger partial charge in [0, 0.05) is 31.5 Å². The highest BCUT2D eigenvalue weighted by Crippen LogP contribution is 2.41. The molecule has 0 saturated carbocycles. The van der Waals surface area contributed by atoms with Crippen LogP contribution >= 0.6 is 0 Å². The largest absolute Gasteiger partial charge is 0.466 e. The lowest BCUT2D eigenvalue weighted by atomic mass is 9.82. The molecule has 0 unspecified atom stereocenters. The summed E-state index contributed by atoms with van der Waals surface area (Å²) in [6.45, 7) is 5.32. The van der Waals surface area contributed by atoms with Crippen LogP contribution in [0.1, 0.15) is 46.7 Å². The molecule has 5 rings (SSSR count). The van der Waals surface area contributed by atoms with E-state index in [1.165, 1.54) is 0 Å². The molecule has 0 aromatic carbocycles. The van der Waals surface area contributed by atoms with Crippen LogP contribution in [0, 0.1) is 13.8 Å². The molecule has 1 spiro atoms. The van der Waals surface area contributed by atoms with E-state index >= 15 is 0 Å². The van der Waals surface area contributed by atoms with Crippen molar-refractivity contribution in [3.8, 4) is 0 Å². The molecule has 2 aliphatic rings. The molecule has 3 aromatic heterocycles. The maximum atomic E-state index is 13.2. The zero-order valence-electron chi connectivity index (χ0n) is 17.7. The van der Waals surface area contributed by atoms with Crippen molar-refractivity contribution in [2.75, 3.05) is 18.0 Å². The van der Waals surface area contributed by atoms with Crippen LogP contribution in [0.25, 0.3) is 0 Å². The average Bonchev–Trinajstić information content (AvgIpc) is 3.39. The van der Waals surface area contributed by atoms with E-state index in [1.54, 1.807) is 29.6 Å². The Morgan fingerprint density at radius 1 is 1.13 bits per heavy atom. The Morgan fingerprint density at radius 2 is 1.87 bits per heavy atom. The Balaban J connectivity index is 1.36. The monoisotopic (exact) mass is 419 g/mol. The summed E-state index contributed by atoms with van der Waals surface area (Å²) in [4.78, 5) is 33.9. The quantitative estimate of drug-likeness (QED) is 0.651. The van der Waals surface area contributed by atoms with Gasteiger partial charge in [0.25, 0.3) is 5.91 Å².